The van der Waals surface area contributed by atoms with E-state index in [4.69, 9.17) is 5.73 Å². The van der Waals surface area contributed by atoms with Crippen molar-refractivity contribution in [3.05, 3.63) is 54.0 Å². The van der Waals surface area contributed by atoms with Crippen molar-refractivity contribution in [2.45, 2.75) is 12.1 Å². The molecule has 0 radical (unpaired) electrons. The number of carbonyl (C=O) groups excluding carboxylic acids is 1. The van der Waals surface area contributed by atoms with Gasteiger partial charge in [-0.1, -0.05) is 18.2 Å². The molecule has 0 fully saturated rings. The van der Waals surface area contributed by atoms with Gasteiger partial charge in [0.25, 0.3) is 0 Å². The summed E-state index contributed by atoms with van der Waals surface area (Å²) in [4.78, 5) is 16.2. The third-order valence-electron chi connectivity index (χ3n) is 3.26. The molecule has 4 N–H and O–H groups in total. The molecular formula is C14H13FN4O. The van der Waals surface area contributed by atoms with Gasteiger partial charge < -0.3 is 16.4 Å². The summed E-state index contributed by atoms with van der Waals surface area (Å²) in [7, 11) is 0. The van der Waals surface area contributed by atoms with E-state index in [0.717, 1.165) is 0 Å². The normalized spacial score (nSPS) is 18.7. The lowest BCUT2D eigenvalue weighted by molar-refractivity contribution is -0.117. The van der Waals surface area contributed by atoms with Crippen LogP contribution in [0.2, 0.25) is 0 Å². The van der Waals surface area contributed by atoms with Crippen molar-refractivity contribution >= 4 is 17.4 Å². The molecule has 1 aromatic carbocycles. The van der Waals surface area contributed by atoms with E-state index in [1.54, 1.807) is 36.5 Å². The molecule has 102 valence electrons. The van der Waals surface area contributed by atoms with E-state index in [9.17, 15) is 9.18 Å². The Kier molecular flexibility index (Phi) is 3.08. The number of hydrogen-bond donors (Lipinski definition) is 3. The zero-order chi connectivity index (χ0) is 14.1. The third-order valence-corrected chi connectivity index (χ3v) is 3.26. The number of halogens is 1. The molecule has 3 rings (SSSR count). The number of rotatable bonds is 2. The van der Waals surface area contributed by atoms with Gasteiger partial charge in [0.1, 0.15) is 17.7 Å². The Hall–Kier alpha value is -2.47. The van der Waals surface area contributed by atoms with Gasteiger partial charge in [-0.15, -0.1) is 0 Å². The van der Waals surface area contributed by atoms with Crippen LogP contribution < -0.4 is 16.4 Å². The molecule has 1 aliphatic rings. The van der Waals surface area contributed by atoms with Crippen LogP contribution in [0.3, 0.4) is 0 Å². The van der Waals surface area contributed by atoms with Gasteiger partial charge >= 0.3 is 0 Å². The average molecular weight is 272 g/mol. The second-order valence-electron chi connectivity index (χ2n) is 4.56. The molecule has 1 aliphatic heterocycles. The first kappa shape index (κ1) is 12.6. The van der Waals surface area contributed by atoms with Gasteiger partial charge in [-0.05, 0) is 18.2 Å². The summed E-state index contributed by atoms with van der Waals surface area (Å²) in [6, 6.07) is 8.05. The highest BCUT2D eigenvalue weighted by Crippen LogP contribution is 2.28. The minimum Gasteiger partial charge on any atom is -0.355 e. The molecule has 2 atom stereocenters. The van der Waals surface area contributed by atoms with Gasteiger partial charge in [0.2, 0.25) is 5.91 Å². The molecule has 20 heavy (non-hydrogen) atoms. The average Bonchev–Trinajstić information content (AvgIpc) is 2.46. The molecule has 1 aromatic heterocycles. The zero-order valence-corrected chi connectivity index (χ0v) is 10.5. The van der Waals surface area contributed by atoms with Gasteiger partial charge in [-0.25, -0.2) is 9.37 Å². The fraction of sp³-hybridized carbons (Fsp3) is 0.143. The van der Waals surface area contributed by atoms with Crippen molar-refractivity contribution in [3.8, 4) is 0 Å². The fourth-order valence-corrected chi connectivity index (χ4v) is 2.22. The van der Waals surface area contributed by atoms with Crippen LogP contribution in [-0.4, -0.2) is 16.9 Å². The maximum absolute atomic E-state index is 13.8. The van der Waals surface area contributed by atoms with Crippen LogP contribution in [0, 0.1) is 5.82 Å². The molecule has 6 heteroatoms. The molecule has 0 bridgehead atoms. The topological polar surface area (TPSA) is 80.0 Å². The summed E-state index contributed by atoms with van der Waals surface area (Å²) in [6.45, 7) is 0. The van der Waals surface area contributed by atoms with E-state index < -0.39 is 17.9 Å². The molecule has 0 unspecified atom stereocenters. The van der Waals surface area contributed by atoms with Crippen LogP contribution in [0.5, 0.6) is 0 Å². The predicted molar refractivity (Wildman–Crippen MR) is 73.6 cm³/mol. The van der Waals surface area contributed by atoms with Crippen LogP contribution in [0.1, 0.15) is 11.6 Å². The number of benzene rings is 1. The van der Waals surface area contributed by atoms with Crippen molar-refractivity contribution in [1.82, 2.24) is 4.98 Å². The molecule has 0 saturated heterocycles. The fourth-order valence-electron chi connectivity index (χ4n) is 2.22. The van der Waals surface area contributed by atoms with E-state index in [1.807, 2.05) is 0 Å². The Morgan fingerprint density at radius 1 is 1.25 bits per heavy atom. The van der Waals surface area contributed by atoms with E-state index in [-0.39, 0.29) is 5.91 Å². The molecule has 2 aromatic rings. The second kappa shape index (κ2) is 4.90. The summed E-state index contributed by atoms with van der Waals surface area (Å²) in [5.74, 6) is -0.202. The number of nitrogens with two attached hydrogens (primary N) is 1. The van der Waals surface area contributed by atoms with Crippen LogP contribution in [0.25, 0.3) is 0 Å². The largest absolute Gasteiger partial charge is 0.355 e. The maximum Gasteiger partial charge on any atom is 0.248 e. The molecule has 0 saturated carbocycles. The highest BCUT2D eigenvalue weighted by atomic mass is 19.1. The van der Waals surface area contributed by atoms with Crippen LogP contribution >= 0.6 is 0 Å². The number of pyridine rings is 1. The van der Waals surface area contributed by atoms with Gasteiger partial charge in [-0.3, -0.25) is 4.79 Å². The first-order valence-corrected chi connectivity index (χ1v) is 6.19. The van der Waals surface area contributed by atoms with E-state index in [2.05, 4.69) is 15.6 Å². The zero-order valence-electron chi connectivity index (χ0n) is 10.5. The minimum absolute atomic E-state index is 0.291. The number of anilines is 2. The Labute approximate surface area is 115 Å². The van der Waals surface area contributed by atoms with Crippen LogP contribution in [-0.2, 0) is 4.79 Å². The number of nitrogens with one attached hydrogen (secondary N) is 2. The molecular weight excluding hydrogens is 259 g/mol. The quantitative estimate of drug-likeness (QED) is 0.776. The lowest BCUT2D eigenvalue weighted by Gasteiger charge is -2.30. The van der Waals surface area contributed by atoms with Crippen molar-refractivity contribution in [2.75, 3.05) is 10.6 Å². The van der Waals surface area contributed by atoms with Gasteiger partial charge in [0.15, 0.2) is 0 Å². The van der Waals surface area contributed by atoms with E-state index in [0.29, 0.717) is 17.1 Å². The highest BCUT2D eigenvalue weighted by Gasteiger charge is 2.33. The van der Waals surface area contributed by atoms with Crippen molar-refractivity contribution in [1.29, 1.82) is 0 Å². The SMILES string of the molecule is N[C@H](c1ccccc1F)[C@@H]1Nc2ncccc2NC1=O. The van der Waals surface area contributed by atoms with Crippen molar-refractivity contribution < 1.29 is 9.18 Å². The Bertz CT molecular complexity index is 661. The Morgan fingerprint density at radius 3 is 2.85 bits per heavy atom. The first-order chi connectivity index (χ1) is 9.66. The predicted octanol–water partition coefficient (Wildman–Crippen LogP) is 1.65. The number of hydrogen-bond acceptors (Lipinski definition) is 4. The second-order valence-corrected chi connectivity index (χ2v) is 4.56. The lowest BCUT2D eigenvalue weighted by Crippen LogP contribution is -2.46. The minimum atomic E-state index is -0.800. The van der Waals surface area contributed by atoms with Crippen molar-refractivity contribution in [3.63, 3.8) is 0 Å². The molecule has 0 spiro atoms. The molecule has 5 nitrogen and oxygen atoms in total. The number of carbonyl (C=O) groups is 1. The van der Waals surface area contributed by atoms with Crippen LogP contribution in [0.4, 0.5) is 15.9 Å². The van der Waals surface area contributed by atoms with Gasteiger partial charge in [0, 0.05) is 11.8 Å². The Balaban J connectivity index is 1.92. The van der Waals surface area contributed by atoms with E-state index >= 15 is 0 Å². The number of aromatic nitrogens is 1. The third kappa shape index (κ3) is 2.10. The smallest absolute Gasteiger partial charge is 0.248 e. The summed E-state index contributed by atoms with van der Waals surface area (Å²) in [6.07, 6.45) is 1.61. The first-order valence-electron chi connectivity index (χ1n) is 6.19. The molecule has 2 heterocycles. The van der Waals surface area contributed by atoms with E-state index in [1.165, 1.54) is 6.07 Å². The number of fused-ring (bicyclic) bond motifs is 1. The summed E-state index contributed by atoms with van der Waals surface area (Å²) >= 11 is 0. The Morgan fingerprint density at radius 2 is 2.05 bits per heavy atom. The maximum atomic E-state index is 13.8. The summed E-state index contributed by atoms with van der Waals surface area (Å²) in [5, 5.41) is 5.67. The van der Waals surface area contributed by atoms with Crippen molar-refractivity contribution in [2.24, 2.45) is 5.73 Å². The monoisotopic (exact) mass is 272 g/mol. The summed E-state index contributed by atoms with van der Waals surface area (Å²) < 4.78 is 13.8. The highest BCUT2D eigenvalue weighted by molar-refractivity contribution is 6.02. The van der Waals surface area contributed by atoms with Gasteiger partial charge in [0.05, 0.1) is 11.7 Å². The number of nitrogens with zero attached hydrogens (tertiary/aromatic N) is 1. The lowest BCUT2D eigenvalue weighted by atomic mass is 9.97. The molecule has 1 amide bonds. The summed E-state index contributed by atoms with van der Waals surface area (Å²) in [5.41, 5.74) is 6.91. The van der Waals surface area contributed by atoms with Gasteiger partial charge in [-0.2, -0.15) is 0 Å². The standard InChI is InChI=1S/C14H13FN4O/c15-9-5-2-1-4-8(9)11(16)12-14(20)18-10-6-3-7-17-13(10)19-12/h1-7,11-12H,16H2,(H,17,19)(H,18,20)/t11-,12+/m1/s1. The molecule has 0 aliphatic carbocycles. The number of amides is 1. The van der Waals surface area contributed by atoms with Crippen LogP contribution in [0.15, 0.2) is 42.6 Å².